The van der Waals surface area contributed by atoms with E-state index in [1.54, 1.807) is 25.1 Å². The van der Waals surface area contributed by atoms with Crippen LogP contribution in [0.3, 0.4) is 0 Å². The van der Waals surface area contributed by atoms with Crippen LogP contribution >= 0.6 is 0 Å². The van der Waals surface area contributed by atoms with E-state index in [-0.39, 0.29) is 18.0 Å². The molecule has 0 unspecified atom stereocenters. The van der Waals surface area contributed by atoms with Crippen molar-refractivity contribution in [2.24, 2.45) is 0 Å². The van der Waals surface area contributed by atoms with Gasteiger partial charge in [-0.05, 0) is 43.3 Å². The number of aliphatic hydroxyl groups is 1. The van der Waals surface area contributed by atoms with Crippen LogP contribution in [0.5, 0.6) is 5.75 Å². The van der Waals surface area contributed by atoms with E-state index in [1.807, 2.05) is 0 Å². The molecule has 12 heteroatoms. The van der Waals surface area contributed by atoms with Gasteiger partial charge in [0.15, 0.2) is 5.75 Å². The number of amides is 1. The molecule has 1 aliphatic rings. The second-order valence-electron chi connectivity index (χ2n) is 8.46. The van der Waals surface area contributed by atoms with E-state index < -0.39 is 17.8 Å². The summed E-state index contributed by atoms with van der Waals surface area (Å²) in [4.78, 5) is 16.7. The topological polar surface area (TPSA) is 107 Å². The predicted octanol–water partition coefficient (Wildman–Crippen LogP) is 3.80. The molecule has 0 saturated carbocycles. The minimum Gasteiger partial charge on any atom is -0.406 e. The van der Waals surface area contributed by atoms with Crippen molar-refractivity contribution in [1.29, 1.82) is 5.26 Å². The van der Waals surface area contributed by atoms with Crippen molar-refractivity contribution in [3.8, 4) is 17.5 Å². The molecule has 1 amide bonds. The first kappa shape index (κ1) is 26.0. The van der Waals surface area contributed by atoms with E-state index in [4.69, 9.17) is 9.84 Å². The Morgan fingerprint density at radius 3 is 2.62 bits per heavy atom. The summed E-state index contributed by atoms with van der Waals surface area (Å²) >= 11 is 0. The van der Waals surface area contributed by atoms with Gasteiger partial charge in [-0.3, -0.25) is 10.2 Å². The highest BCUT2D eigenvalue weighted by molar-refractivity contribution is 5.87. The first-order chi connectivity index (χ1) is 17.7. The second-order valence-corrected chi connectivity index (χ2v) is 8.46. The fraction of sp³-hybridized carbons (Fsp3) is 0.320. The molecule has 194 valence electrons. The van der Waals surface area contributed by atoms with Crippen LogP contribution in [0.2, 0.25) is 0 Å². The van der Waals surface area contributed by atoms with E-state index in [0.29, 0.717) is 36.6 Å². The zero-order valence-corrected chi connectivity index (χ0v) is 20.0. The summed E-state index contributed by atoms with van der Waals surface area (Å²) in [6, 6.07) is 11.8. The third-order valence-electron chi connectivity index (χ3n) is 6.08. The molecule has 4 rings (SSSR count). The maximum absolute atomic E-state index is 13.1. The van der Waals surface area contributed by atoms with Crippen molar-refractivity contribution in [2.75, 3.05) is 49.5 Å². The number of hydrogen-bond donors (Lipinski definition) is 2. The molecular weight excluding hydrogens is 489 g/mol. The number of nitriles is 1. The van der Waals surface area contributed by atoms with Crippen LogP contribution in [-0.4, -0.2) is 65.2 Å². The molecule has 0 spiro atoms. The van der Waals surface area contributed by atoms with Gasteiger partial charge < -0.3 is 14.7 Å². The van der Waals surface area contributed by atoms with E-state index in [2.05, 4.69) is 26.3 Å². The van der Waals surface area contributed by atoms with Crippen molar-refractivity contribution in [1.82, 2.24) is 14.7 Å². The lowest BCUT2D eigenvalue weighted by atomic mass is 10.1. The van der Waals surface area contributed by atoms with Gasteiger partial charge in [0.25, 0.3) is 0 Å². The van der Waals surface area contributed by atoms with Crippen molar-refractivity contribution < 1.29 is 27.8 Å². The Labute approximate surface area is 211 Å². The van der Waals surface area contributed by atoms with Crippen LogP contribution in [0.15, 0.2) is 48.7 Å². The number of carbonyl (C=O) groups is 1. The number of alkyl halides is 3. The average Bonchev–Trinajstić information content (AvgIpc) is 3.24. The normalized spacial score (nSPS) is 14.3. The summed E-state index contributed by atoms with van der Waals surface area (Å²) in [7, 11) is 0. The molecule has 1 aliphatic heterocycles. The number of halogens is 3. The first-order valence-corrected chi connectivity index (χ1v) is 11.5. The summed E-state index contributed by atoms with van der Waals surface area (Å²) in [5, 5.41) is 25.4. The smallest absolute Gasteiger partial charge is 0.406 e. The van der Waals surface area contributed by atoms with Gasteiger partial charge in [-0.1, -0.05) is 6.07 Å². The summed E-state index contributed by atoms with van der Waals surface area (Å²) in [5.41, 5.74) is 1.19. The molecule has 2 aromatic carbocycles. The Kier molecular flexibility index (Phi) is 7.66. The number of nitrogens with zero attached hydrogens (tertiary/aromatic N) is 5. The van der Waals surface area contributed by atoms with Crippen LogP contribution in [0.4, 0.5) is 29.3 Å². The molecule has 0 aliphatic carbocycles. The number of ether oxygens (including phenoxy) is 1. The van der Waals surface area contributed by atoms with Crippen LogP contribution in [0.1, 0.15) is 16.8 Å². The number of carbonyl (C=O) groups excluding carboxylic acids is 1. The molecule has 9 nitrogen and oxygen atoms in total. The number of benzene rings is 2. The summed E-state index contributed by atoms with van der Waals surface area (Å²) in [6.07, 6.45) is -4.08. The number of aromatic nitrogens is 2. The number of piperazine rings is 1. The van der Waals surface area contributed by atoms with Gasteiger partial charge in [-0.25, -0.2) is 9.48 Å². The number of β-amino-alcohol motifs (C(OH)–C–C–N with tert-alkyl or cyclic N) is 1. The maximum atomic E-state index is 13.1. The van der Waals surface area contributed by atoms with Crippen LogP contribution in [0, 0.1) is 18.3 Å². The third kappa shape index (κ3) is 6.02. The second kappa shape index (κ2) is 10.9. The number of anilines is 2. The minimum absolute atomic E-state index is 0.0767. The fourth-order valence-electron chi connectivity index (χ4n) is 4.15. The van der Waals surface area contributed by atoms with Gasteiger partial charge >= 0.3 is 12.3 Å². The molecule has 3 aromatic rings. The Hall–Kier alpha value is -4.08. The van der Waals surface area contributed by atoms with E-state index in [1.165, 1.54) is 23.0 Å². The summed E-state index contributed by atoms with van der Waals surface area (Å²) in [5.74, 6) is 0.0767. The largest absolute Gasteiger partial charge is 0.417 e. The molecule has 0 bridgehead atoms. The Morgan fingerprint density at radius 1 is 1.19 bits per heavy atom. The Bertz CT molecular complexity index is 1310. The third-order valence-corrected chi connectivity index (χ3v) is 6.08. The quantitative estimate of drug-likeness (QED) is 0.516. The highest BCUT2D eigenvalue weighted by Crippen LogP contribution is 2.31. The number of hydrogen-bond acceptors (Lipinski definition) is 7. The molecule has 2 N–H and O–H groups in total. The van der Waals surface area contributed by atoms with Gasteiger partial charge in [0.1, 0.15) is 6.07 Å². The molecule has 1 saturated heterocycles. The summed E-state index contributed by atoms with van der Waals surface area (Å²) < 4.78 is 45.7. The van der Waals surface area contributed by atoms with Crippen molar-refractivity contribution in [3.05, 3.63) is 65.5 Å². The molecular formula is C25H25F3N6O3. The number of aliphatic hydroxyl groups excluding tert-OH is 1. The van der Waals surface area contributed by atoms with E-state index >= 15 is 0 Å². The minimum atomic E-state index is -4.50. The Morgan fingerprint density at radius 2 is 1.95 bits per heavy atom. The number of nitrogens with one attached hydrogen (secondary N) is 1. The lowest BCUT2D eigenvalue weighted by Crippen LogP contribution is -2.47. The molecule has 0 atom stereocenters. The summed E-state index contributed by atoms with van der Waals surface area (Å²) in [6.45, 7) is 5.24. The van der Waals surface area contributed by atoms with Gasteiger partial charge in [-0.2, -0.15) is 23.5 Å². The molecule has 2 heterocycles. The van der Waals surface area contributed by atoms with Crippen molar-refractivity contribution in [2.45, 2.75) is 13.1 Å². The zero-order valence-electron chi connectivity index (χ0n) is 20.0. The monoisotopic (exact) mass is 514 g/mol. The Balaban J connectivity index is 1.43. The highest BCUT2D eigenvalue weighted by atomic mass is 19.4. The van der Waals surface area contributed by atoms with Gasteiger partial charge in [0.2, 0.25) is 0 Å². The van der Waals surface area contributed by atoms with E-state index in [0.717, 1.165) is 30.9 Å². The van der Waals surface area contributed by atoms with Gasteiger partial charge in [0, 0.05) is 38.4 Å². The van der Waals surface area contributed by atoms with Gasteiger partial charge in [0.05, 0.1) is 41.0 Å². The van der Waals surface area contributed by atoms with E-state index in [9.17, 15) is 23.2 Å². The molecule has 37 heavy (non-hydrogen) atoms. The van der Waals surface area contributed by atoms with Crippen molar-refractivity contribution >= 4 is 17.5 Å². The average molecular weight is 515 g/mol. The molecule has 0 radical (unpaired) electrons. The fourth-order valence-corrected chi connectivity index (χ4v) is 4.15. The predicted molar refractivity (Wildman–Crippen MR) is 130 cm³/mol. The van der Waals surface area contributed by atoms with Crippen LogP contribution < -0.4 is 15.0 Å². The molecule has 1 aromatic heterocycles. The zero-order chi connectivity index (χ0) is 26.6. The standard InChI is InChI=1S/C25H25F3N6O3/c1-17-23(16-30-34(17)21-4-2-3-19(14-21)25(26,27)28)37-24(36)31-20-5-6-22(18(13-20)15-29)33-9-7-32(8-10-33)11-12-35/h2-6,13-14,16,35H,7-12H2,1H3,(H,31,36). The number of rotatable bonds is 6. The van der Waals surface area contributed by atoms with Crippen molar-refractivity contribution in [3.63, 3.8) is 0 Å². The SMILES string of the molecule is Cc1c(OC(=O)Nc2ccc(N3CCN(CCO)CC3)c(C#N)c2)cnn1-c1cccc(C(F)(F)F)c1. The lowest BCUT2D eigenvalue weighted by Gasteiger charge is -2.36. The first-order valence-electron chi connectivity index (χ1n) is 11.5. The highest BCUT2D eigenvalue weighted by Gasteiger charge is 2.30. The maximum Gasteiger partial charge on any atom is 0.417 e. The lowest BCUT2D eigenvalue weighted by molar-refractivity contribution is -0.137. The van der Waals surface area contributed by atoms with Crippen LogP contribution in [0.25, 0.3) is 5.69 Å². The molecule has 1 fully saturated rings. The van der Waals surface area contributed by atoms with Crippen LogP contribution in [-0.2, 0) is 6.18 Å². The van der Waals surface area contributed by atoms with Gasteiger partial charge in [-0.15, -0.1) is 0 Å².